The molecule has 1 aromatic rings. The van der Waals surface area contributed by atoms with E-state index in [1.807, 2.05) is 13.2 Å². The lowest BCUT2D eigenvalue weighted by Crippen LogP contribution is -2.39. The second-order valence-corrected chi connectivity index (χ2v) is 5.34. The highest BCUT2D eigenvalue weighted by atomic mass is 15.1. The Labute approximate surface area is 111 Å². The highest BCUT2D eigenvalue weighted by molar-refractivity contribution is 5.53. The summed E-state index contributed by atoms with van der Waals surface area (Å²) >= 11 is 0. The fourth-order valence-electron chi connectivity index (χ4n) is 2.95. The third-order valence-corrected chi connectivity index (χ3v) is 4.69. The van der Waals surface area contributed by atoms with Crippen molar-refractivity contribution in [2.45, 2.75) is 39.5 Å². The molecule has 1 aliphatic rings. The molecule has 1 aliphatic heterocycles. The first-order valence-electron chi connectivity index (χ1n) is 7.12. The van der Waals surface area contributed by atoms with E-state index in [0.29, 0.717) is 5.41 Å². The highest BCUT2D eigenvalue weighted by Gasteiger charge is 2.31. The predicted octanol–water partition coefficient (Wildman–Crippen LogP) is 3.53. The summed E-state index contributed by atoms with van der Waals surface area (Å²) in [6.07, 6.45) is 7.15. The minimum atomic E-state index is 0.593. The average molecular weight is 247 g/mol. The van der Waals surface area contributed by atoms with Crippen molar-refractivity contribution in [2.24, 2.45) is 5.41 Å². The molecule has 1 fully saturated rings. The Balaban J connectivity index is 2.04. The van der Waals surface area contributed by atoms with Crippen LogP contribution >= 0.6 is 0 Å². The van der Waals surface area contributed by atoms with Crippen molar-refractivity contribution >= 4 is 11.5 Å². The lowest BCUT2D eigenvalue weighted by Gasteiger charge is -2.42. The van der Waals surface area contributed by atoms with Gasteiger partial charge in [0.15, 0.2) is 0 Å². The smallest absolute Gasteiger partial charge is 0.127 e. The van der Waals surface area contributed by atoms with Crippen LogP contribution in [0.2, 0.25) is 0 Å². The van der Waals surface area contributed by atoms with Crippen LogP contribution in [-0.2, 0) is 0 Å². The van der Waals surface area contributed by atoms with Crippen molar-refractivity contribution in [3.05, 3.63) is 18.3 Å². The monoisotopic (exact) mass is 247 g/mol. The summed E-state index contributed by atoms with van der Waals surface area (Å²) in [6, 6.07) is 4.26. The van der Waals surface area contributed by atoms with Gasteiger partial charge in [-0.3, -0.25) is 0 Å². The lowest BCUT2D eigenvalue weighted by atomic mass is 9.74. The molecule has 1 N–H and O–H groups in total. The van der Waals surface area contributed by atoms with Gasteiger partial charge in [0, 0.05) is 38.1 Å². The molecule has 18 heavy (non-hydrogen) atoms. The van der Waals surface area contributed by atoms with Crippen LogP contribution in [0.1, 0.15) is 39.5 Å². The Morgan fingerprint density at radius 3 is 2.50 bits per heavy atom. The zero-order chi connectivity index (χ0) is 13.0. The maximum Gasteiger partial charge on any atom is 0.127 e. The fourth-order valence-corrected chi connectivity index (χ4v) is 2.95. The molecular weight excluding hydrogens is 222 g/mol. The molecule has 3 heteroatoms. The Morgan fingerprint density at radius 2 is 1.94 bits per heavy atom. The van der Waals surface area contributed by atoms with Crippen LogP contribution in [0.4, 0.5) is 11.5 Å². The maximum atomic E-state index is 4.28. The molecule has 2 heterocycles. The molecule has 100 valence electrons. The Bertz CT molecular complexity index is 375. The zero-order valence-electron chi connectivity index (χ0n) is 11.9. The summed E-state index contributed by atoms with van der Waals surface area (Å²) in [6.45, 7) is 7.03. The van der Waals surface area contributed by atoms with Crippen LogP contribution in [0.3, 0.4) is 0 Å². The first-order chi connectivity index (χ1) is 8.73. The van der Waals surface area contributed by atoms with E-state index in [-0.39, 0.29) is 0 Å². The van der Waals surface area contributed by atoms with Crippen LogP contribution in [0.5, 0.6) is 0 Å². The molecular formula is C15H25N3. The van der Waals surface area contributed by atoms with E-state index in [9.17, 15) is 0 Å². The van der Waals surface area contributed by atoms with Crippen LogP contribution in [0, 0.1) is 5.41 Å². The third kappa shape index (κ3) is 2.60. The molecule has 0 aromatic carbocycles. The molecule has 0 saturated carbocycles. The van der Waals surface area contributed by atoms with Gasteiger partial charge in [-0.2, -0.15) is 0 Å². The number of nitrogens with zero attached hydrogens (tertiary/aromatic N) is 2. The van der Waals surface area contributed by atoms with Gasteiger partial charge in [0.2, 0.25) is 0 Å². The first-order valence-corrected chi connectivity index (χ1v) is 7.12. The fraction of sp³-hybridized carbons (Fsp3) is 0.667. The Hall–Kier alpha value is -1.25. The first kappa shape index (κ1) is 13.2. The van der Waals surface area contributed by atoms with Crippen LogP contribution in [-0.4, -0.2) is 25.1 Å². The van der Waals surface area contributed by atoms with E-state index in [1.165, 1.54) is 44.5 Å². The molecule has 3 nitrogen and oxygen atoms in total. The second-order valence-electron chi connectivity index (χ2n) is 5.34. The average Bonchev–Trinajstić information content (AvgIpc) is 2.47. The summed E-state index contributed by atoms with van der Waals surface area (Å²) < 4.78 is 0. The van der Waals surface area contributed by atoms with Crippen molar-refractivity contribution in [2.75, 3.05) is 30.4 Å². The topological polar surface area (TPSA) is 28.2 Å². The van der Waals surface area contributed by atoms with Crippen LogP contribution in [0.25, 0.3) is 0 Å². The van der Waals surface area contributed by atoms with Gasteiger partial charge in [0.25, 0.3) is 0 Å². The number of piperidine rings is 1. The maximum absolute atomic E-state index is 4.28. The molecule has 0 amide bonds. The number of anilines is 2. The normalized spacial score (nSPS) is 18.7. The molecule has 0 atom stereocenters. The van der Waals surface area contributed by atoms with Crippen molar-refractivity contribution < 1.29 is 0 Å². The minimum absolute atomic E-state index is 0.593. The van der Waals surface area contributed by atoms with E-state index in [2.05, 4.69) is 41.2 Å². The Morgan fingerprint density at radius 1 is 1.28 bits per heavy atom. The van der Waals surface area contributed by atoms with Gasteiger partial charge in [-0.25, -0.2) is 4.98 Å². The highest BCUT2D eigenvalue weighted by Crippen LogP contribution is 2.39. The van der Waals surface area contributed by atoms with Crippen LogP contribution < -0.4 is 10.2 Å². The minimum Gasteiger partial charge on any atom is -0.373 e. The van der Waals surface area contributed by atoms with Crippen molar-refractivity contribution in [3.8, 4) is 0 Å². The quantitative estimate of drug-likeness (QED) is 0.882. The summed E-state index contributed by atoms with van der Waals surface area (Å²) in [4.78, 5) is 6.77. The van der Waals surface area contributed by atoms with Crippen molar-refractivity contribution in [3.63, 3.8) is 0 Å². The summed E-state index contributed by atoms with van der Waals surface area (Å²) in [5, 5.41) is 3.11. The number of pyridine rings is 1. The van der Waals surface area contributed by atoms with Gasteiger partial charge in [-0.1, -0.05) is 26.7 Å². The summed E-state index contributed by atoms with van der Waals surface area (Å²) in [5.41, 5.74) is 1.89. The van der Waals surface area contributed by atoms with Gasteiger partial charge >= 0.3 is 0 Å². The number of rotatable bonds is 4. The number of hydrogen-bond acceptors (Lipinski definition) is 3. The second kappa shape index (κ2) is 5.59. The van der Waals surface area contributed by atoms with E-state index < -0.39 is 0 Å². The van der Waals surface area contributed by atoms with Crippen LogP contribution in [0.15, 0.2) is 18.3 Å². The molecule has 0 bridgehead atoms. The molecule has 0 radical (unpaired) electrons. The summed E-state index contributed by atoms with van der Waals surface area (Å²) in [5.74, 6) is 0.954. The lowest BCUT2D eigenvalue weighted by molar-refractivity contribution is 0.199. The molecule has 2 rings (SSSR count). The predicted molar refractivity (Wildman–Crippen MR) is 78.2 cm³/mol. The van der Waals surface area contributed by atoms with Gasteiger partial charge < -0.3 is 10.2 Å². The van der Waals surface area contributed by atoms with Gasteiger partial charge in [0.1, 0.15) is 5.82 Å². The third-order valence-electron chi connectivity index (χ3n) is 4.69. The Kier molecular flexibility index (Phi) is 4.10. The zero-order valence-corrected chi connectivity index (χ0v) is 11.9. The number of hydrogen-bond donors (Lipinski definition) is 1. The van der Waals surface area contributed by atoms with E-state index in [4.69, 9.17) is 0 Å². The molecule has 0 unspecified atom stereocenters. The largest absolute Gasteiger partial charge is 0.373 e. The SMILES string of the molecule is CCC1(CC)CCN(c2ccnc(NC)c2)CC1. The number of aromatic nitrogens is 1. The van der Waals surface area contributed by atoms with Crippen molar-refractivity contribution in [1.29, 1.82) is 0 Å². The van der Waals surface area contributed by atoms with E-state index in [1.54, 1.807) is 0 Å². The standard InChI is InChI=1S/C15H25N3/c1-4-15(5-2)7-10-18(11-8-15)13-6-9-17-14(12-13)16-3/h6,9,12H,4-5,7-8,10-11H2,1-3H3,(H,16,17). The van der Waals surface area contributed by atoms with Gasteiger partial charge in [0.05, 0.1) is 0 Å². The molecule has 1 aromatic heterocycles. The molecule has 0 aliphatic carbocycles. The van der Waals surface area contributed by atoms with E-state index >= 15 is 0 Å². The molecule has 1 saturated heterocycles. The molecule has 0 spiro atoms. The van der Waals surface area contributed by atoms with Crippen molar-refractivity contribution in [1.82, 2.24) is 4.98 Å². The van der Waals surface area contributed by atoms with Gasteiger partial charge in [-0.15, -0.1) is 0 Å². The van der Waals surface area contributed by atoms with Gasteiger partial charge in [-0.05, 0) is 24.3 Å². The number of nitrogens with one attached hydrogen (secondary N) is 1. The van der Waals surface area contributed by atoms with E-state index in [0.717, 1.165) is 5.82 Å². The summed E-state index contributed by atoms with van der Waals surface area (Å²) in [7, 11) is 1.92.